The summed E-state index contributed by atoms with van der Waals surface area (Å²) < 4.78 is 31.2. The van der Waals surface area contributed by atoms with Crippen molar-refractivity contribution < 1.29 is 22.7 Å². The van der Waals surface area contributed by atoms with E-state index in [1.807, 2.05) is 12.1 Å². The van der Waals surface area contributed by atoms with Gasteiger partial charge in [-0.25, -0.2) is 17.5 Å². The Labute approximate surface area is 171 Å². The summed E-state index contributed by atoms with van der Waals surface area (Å²) in [4.78, 5) is 25.4. The molecule has 0 aromatic heterocycles. The Kier molecular flexibility index (Phi) is 5.91. The van der Waals surface area contributed by atoms with E-state index in [9.17, 15) is 18.0 Å². The van der Waals surface area contributed by atoms with E-state index >= 15 is 0 Å². The van der Waals surface area contributed by atoms with Gasteiger partial charge in [0, 0.05) is 19.7 Å². The summed E-state index contributed by atoms with van der Waals surface area (Å²) in [6.07, 6.45) is 2.09. The minimum absolute atomic E-state index is 0.00217. The first-order valence-electron chi connectivity index (χ1n) is 9.51. The summed E-state index contributed by atoms with van der Waals surface area (Å²) in [7, 11) is -0.842. The molecule has 2 aromatic rings. The number of ether oxygens (including phenoxy) is 1. The number of fused-ring (bicyclic) bond motifs is 1. The van der Waals surface area contributed by atoms with Crippen molar-refractivity contribution in [2.24, 2.45) is 0 Å². The molecule has 1 aliphatic rings. The molecule has 2 aromatic carbocycles. The van der Waals surface area contributed by atoms with Gasteiger partial charge in [0.2, 0.25) is 15.8 Å². The van der Waals surface area contributed by atoms with Crippen molar-refractivity contribution in [2.75, 3.05) is 14.1 Å². The van der Waals surface area contributed by atoms with Crippen LogP contribution in [0, 0.1) is 6.92 Å². The third-order valence-corrected chi connectivity index (χ3v) is 7.05. The van der Waals surface area contributed by atoms with Crippen molar-refractivity contribution in [1.29, 1.82) is 0 Å². The first-order valence-corrected chi connectivity index (χ1v) is 11.0. The molecule has 0 N–H and O–H groups in total. The summed E-state index contributed by atoms with van der Waals surface area (Å²) >= 11 is 0. The molecule has 0 fully saturated rings. The Hall–Kier alpha value is -2.51. The van der Waals surface area contributed by atoms with Gasteiger partial charge in [-0.15, -0.1) is 0 Å². The van der Waals surface area contributed by atoms with Crippen LogP contribution in [-0.2, 0) is 27.6 Å². The quantitative estimate of drug-likeness (QED) is 0.535. The Morgan fingerprint density at radius 3 is 2.41 bits per heavy atom. The lowest BCUT2D eigenvalue weighted by molar-refractivity contribution is 0.0318. The molecule has 154 valence electrons. The highest BCUT2D eigenvalue weighted by molar-refractivity contribution is 7.89. The summed E-state index contributed by atoms with van der Waals surface area (Å²) in [5, 5.41) is 0. The number of benzene rings is 2. The summed E-state index contributed by atoms with van der Waals surface area (Å²) in [6, 6.07) is 9.90. The number of rotatable bonds is 6. The van der Waals surface area contributed by atoms with E-state index in [1.54, 1.807) is 19.1 Å². The highest BCUT2D eigenvalue weighted by Crippen LogP contribution is 2.24. The number of sulfonamides is 1. The number of Topliss-reactive ketones (excluding diaryl/α,β-unsaturated/α-hetero) is 1. The minimum Gasteiger partial charge on any atom is -0.451 e. The van der Waals surface area contributed by atoms with Crippen LogP contribution in [0.1, 0.15) is 50.8 Å². The molecule has 0 heterocycles. The van der Waals surface area contributed by atoms with Crippen LogP contribution >= 0.6 is 0 Å². The third-order valence-electron chi connectivity index (χ3n) is 5.24. The maximum atomic E-state index is 12.7. The summed E-state index contributed by atoms with van der Waals surface area (Å²) in [5.41, 5.74) is 3.66. The van der Waals surface area contributed by atoms with Crippen LogP contribution < -0.4 is 0 Å². The van der Waals surface area contributed by atoms with Crippen molar-refractivity contribution in [2.45, 2.75) is 44.1 Å². The first kappa shape index (κ1) is 21.2. The SMILES string of the molecule is Cc1ccc(S(=O)(=O)N(C)C)cc1C(=O)O[C@@H](C)C(=O)c1ccc2c(c1)CCC2. The molecule has 0 saturated carbocycles. The predicted octanol–water partition coefficient (Wildman–Crippen LogP) is 3.16. The summed E-state index contributed by atoms with van der Waals surface area (Å²) in [5.74, 6) is -0.997. The van der Waals surface area contributed by atoms with Crippen molar-refractivity contribution >= 4 is 21.8 Å². The van der Waals surface area contributed by atoms with Gasteiger partial charge in [-0.2, -0.15) is 0 Å². The average molecular weight is 416 g/mol. The molecule has 1 aliphatic carbocycles. The fraction of sp³-hybridized carbons (Fsp3) is 0.364. The number of hydrogen-bond donors (Lipinski definition) is 0. The van der Waals surface area contributed by atoms with E-state index in [1.165, 1.54) is 44.3 Å². The van der Waals surface area contributed by atoms with Gasteiger partial charge in [-0.1, -0.05) is 18.2 Å². The van der Waals surface area contributed by atoms with Crippen LogP contribution in [-0.4, -0.2) is 44.7 Å². The number of aryl methyl sites for hydroxylation is 3. The predicted molar refractivity (Wildman–Crippen MR) is 110 cm³/mol. The molecule has 0 radical (unpaired) electrons. The van der Waals surface area contributed by atoms with Crippen molar-refractivity contribution in [3.8, 4) is 0 Å². The zero-order valence-corrected chi connectivity index (χ0v) is 17.9. The van der Waals surface area contributed by atoms with Crippen LogP contribution in [0.2, 0.25) is 0 Å². The van der Waals surface area contributed by atoms with Gasteiger partial charge in [-0.3, -0.25) is 4.79 Å². The van der Waals surface area contributed by atoms with Crippen LogP contribution in [0.3, 0.4) is 0 Å². The van der Waals surface area contributed by atoms with E-state index in [-0.39, 0.29) is 16.2 Å². The van der Waals surface area contributed by atoms with E-state index in [0.29, 0.717) is 11.1 Å². The van der Waals surface area contributed by atoms with Gasteiger partial charge in [-0.05, 0) is 68.0 Å². The molecule has 1 atom stereocenters. The lowest BCUT2D eigenvalue weighted by atomic mass is 10.0. The van der Waals surface area contributed by atoms with Gasteiger partial charge in [0.05, 0.1) is 10.5 Å². The molecule has 0 amide bonds. The smallest absolute Gasteiger partial charge is 0.339 e. The summed E-state index contributed by atoms with van der Waals surface area (Å²) in [6.45, 7) is 3.22. The lowest BCUT2D eigenvalue weighted by Crippen LogP contribution is -2.26. The van der Waals surface area contributed by atoms with Crippen molar-refractivity contribution in [3.05, 3.63) is 64.2 Å². The first-order chi connectivity index (χ1) is 13.6. The van der Waals surface area contributed by atoms with Gasteiger partial charge in [0.25, 0.3) is 0 Å². The zero-order chi connectivity index (χ0) is 21.3. The minimum atomic E-state index is -3.68. The molecule has 0 aliphatic heterocycles. The van der Waals surface area contributed by atoms with Crippen LogP contribution in [0.25, 0.3) is 0 Å². The van der Waals surface area contributed by atoms with Crippen LogP contribution in [0.5, 0.6) is 0 Å². The maximum absolute atomic E-state index is 12.7. The van der Waals surface area contributed by atoms with Gasteiger partial charge in [0.15, 0.2) is 6.10 Å². The number of carbonyl (C=O) groups is 2. The van der Waals surface area contributed by atoms with Gasteiger partial charge < -0.3 is 4.74 Å². The maximum Gasteiger partial charge on any atom is 0.339 e. The molecule has 29 heavy (non-hydrogen) atoms. The van der Waals surface area contributed by atoms with E-state index in [0.717, 1.165) is 23.6 Å². The van der Waals surface area contributed by atoms with Crippen molar-refractivity contribution in [1.82, 2.24) is 4.31 Å². The number of carbonyl (C=O) groups excluding carboxylic acids is 2. The fourth-order valence-corrected chi connectivity index (χ4v) is 4.36. The Morgan fingerprint density at radius 2 is 1.72 bits per heavy atom. The van der Waals surface area contributed by atoms with Gasteiger partial charge in [0.1, 0.15) is 0 Å². The monoisotopic (exact) mass is 415 g/mol. The number of hydrogen-bond acceptors (Lipinski definition) is 5. The second-order valence-electron chi connectivity index (χ2n) is 7.51. The molecule has 0 unspecified atom stereocenters. The third kappa shape index (κ3) is 4.26. The molecule has 0 spiro atoms. The van der Waals surface area contributed by atoms with Crippen LogP contribution in [0.4, 0.5) is 0 Å². The fourth-order valence-electron chi connectivity index (χ4n) is 3.43. The molecule has 6 nitrogen and oxygen atoms in total. The average Bonchev–Trinajstić information content (AvgIpc) is 3.15. The second-order valence-corrected chi connectivity index (χ2v) is 9.66. The Morgan fingerprint density at radius 1 is 1.03 bits per heavy atom. The zero-order valence-electron chi connectivity index (χ0n) is 17.1. The second kappa shape index (κ2) is 8.08. The molecule has 0 saturated heterocycles. The Bertz CT molecular complexity index is 1070. The molecular formula is C22H25NO5S. The molecular weight excluding hydrogens is 390 g/mol. The highest BCUT2D eigenvalue weighted by atomic mass is 32.2. The molecule has 0 bridgehead atoms. The largest absolute Gasteiger partial charge is 0.451 e. The molecule has 3 rings (SSSR count). The number of ketones is 1. The number of esters is 1. The highest BCUT2D eigenvalue weighted by Gasteiger charge is 2.25. The van der Waals surface area contributed by atoms with Gasteiger partial charge >= 0.3 is 5.97 Å². The standard InChI is InChI=1S/C22H25NO5S/c1-14-8-11-19(29(26,27)23(3)4)13-20(14)22(25)28-15(2)21(24)18-10-9-16-6-5-7-17(16)12-18/h8-13,15H,5-7H2,1-4H3/t15-/m0/s1. The van der Waals surface area contributed by atoms with E-state index < -0.39 is 22.1 Å². The van der Waals surface area contributed by atoms with E-state index in [2.05, 4.69) is 0 Å². The van der Waals surface area contributed by atoms with Crippen molar-refractivity contribution in [3.63, 3.8) is 0 Å². The molecule has 7 heteroatoms. The van der Waals surface area contributed by atoms with E-state index in [4.69, 9.17) is 4.74 Å². The number of nitrogens with zero attached hydrogens (tertiary/aromatic N) is 1. The lowest BCUT2D eigenvalue weighted by Gasteiger charge is -2.16. The topological polar surface area (TPSA) is 80.8 Å². The van der Waals surface area contributed by atoms with Crippen LogP contribution in [0.15, 0.2) is 41.3 Å². The Balaban J connectivity index is 1.80. The normalized spacial score (nSPS) is 14.5.